The SMILES string of the molecule is CCOCC(O)CN1CCN(C(=O)c2cn3c(C)cccc3n2)CC1. The normalized spacial score (nSPS) is 17.2. The van der Waals surface area contributed by atoms with Crippen molar-refractivity contribution in [3.05, 3.63) is 35.8 Å². The Labute approximate surface area is 147 Å². The minimum atomic E-state index is -0.483. The van der Waals surface area contributed by atoms with Crippen LogP contribution in [0.3, 0.4) is 0 Å². The number of aromatic nitrogens is 2. The van der Waals surface area contributed by atoms with E-state index in [2.05, 4.69) is 9.88 Å². The van der Waals surface area contributed by atoms with Gasteiger partial charge in [-0.05, 0) is 26.0 Å². The number of carbonyl (C=O) groups is 1. The zero-order chi connectivity index (χ0) is 17.8. The fraction of sp³-hybridized carbons (Fsp3) is 0.556. The Kier molecular flexibility index (Phi) is 5.67. The van der Waals surface area contributed by atoms with E-state index in [0.29, 0.717) is 38.5 Å². The van der Waals surface area contributed by atoms with Crippen LogP contribution in [0, 0.1) is 6.92 Å². The monoisotopic (exact) mass is 346 g/mol. The molecule has 0 saturated carbocycles. The second-order valence-electron chi connectivity index (χ2n) is 6.43. The molecule has 136 valence electrons. The van der Waals surface area contributed by atoms with Crippen molar-refractivity contribution in [2.24, 2.45) is 0 Å². The quantitative estimate of drug-likeness (QED) is 0.838. The van der Waals surface area contributed by atoms with Gasteiger partial charge in [0.1, 0.15) is 11.3 Å². The first kappa shape index (κ1) is 17.8. The number of fused-ring (bicyclic) bond motifs is 1. The predicted octanol–water partition coefficient (Wildman–Crippen LogP) is 0.798. The van der Waals surface area contributed by atoms with Gasteiger partial charge in [0, 0.05) is 51.2 Å². The number of hydrogen-bond donors (Lipinski definition) is 1. The van der Waals surface area contributed by atoms with Crippen molar-refractivity contribution in [3.8, 4) is 0 Å². The van der Waals surface area contributed by atoms with E-state index in [1.807, 2.05) is 47.5 Å². The molecule has 0 spiro atoms. The maximum Gasteiger partial charge on any atom is 0.274 e. The number of aliphatic hydroxyl groups is 1. The highest BCUT2D eigenvalue weighted by molar-refractivity contribution is 5.93. The van der Waals surface area contributed by atoms with Crippen LogP contribution in [0.5, 0.6) is 0 Å². The Morgan fingerprint density at radius 3 is 2.76 bits per heavy atom. The summed E-state index contributed by atoms with van der Waals surface area (Å²) in [6, 6.07) is 5.84. The lowest BCUT2D eigenvalue weighted by Gasteiger charge is -2.35. The zero-order valence-corrected chi connectivity index (χ0v) is 14.9. The number of hydrogen-bond acceptors (Lipinski definition) is 5. The van der Waals surface area contributed by atoms with E-state index in [9.17, 15) is 9.90 Å². The van der Waals surface area contributed by atoms with E-state index < -0.39 is 6.10 Å². The Bertz CT molecular complexity index is 722. The smallest absolute Gasteiger partial charge is 0.274 e. The third kappa shape index (κ3) is 4.18. The van der Waals surface area contributed by atoms with Crippen LogP contribution >= 0.6 is 0 Å². The van der Waals surface area contributed by atoms with E-state index >= 15 is 0 Å². The van der Waals surface area contributed by atoms with Gasteiger partial charge >= 0.3 is 0 Å². The van der Waals surface area contributed by atoms with Gasteiger partial charge in [-0.15, -0.1) is 0 Å². The number of aryl methyl sites for hydroxylation is 1. The summed E-state index contributed by atoms with van der Waals surface area (Å²) in [5.41, 5.74) is 2.33. The molecule has 0 aliphatic carbocycles. The molecule has 0 aromatic carbocycles. The number of β-amino-alcohol motifs (C(OH)–C–C–N with tert-alkyl or cyclic N) is 1. The summed E-state index contributed by atoms with van der Waals surface area (Å²) in [4.78, 5) is 21.2. The molecule has 3 rings (SSSR count). The van der Waals surface area contributed by atoms with E-state index in [1.54, 1.807) is 0 Å². The predicted molar refractivity (Wildman–Crippen MR) is 94.8 cm³/mol. The number of nitrogens with zero attached hydrogens (tertiary/aromatic N) is 4. The first-order valence-electron chi connectivity index (χ1n) is 8.80. The van der Waals surface area contributed by atoms with Gasteiger partial charge in [-0.2, -0.15) is 0 Å². The molecule has 1 atom stereocenters. The van der Waals surface area contributed by atoms with Crippen molar-refractivity contribution in [2.45, 2.75) is 20.0 Å². The van der Waals surface area contributed by atoms with E-state index in [-0.39, 0.29) is 5.91 Å². The van der Waals surface area contributed by atoms with Crippen LogP contribution < -0.4 is 0 Å². The van der Waals surface area contributed by atoms with Gasteiger partial charge in [0.15, 0.2) is 0 Å². The third-order valence-corrected chi connectivity index (χ3v) is 4.56. The summed E-state index contributed by atoms with van der Waals surface area (Å²) >= 11 is 0. The average Bonchev–Trinajstić information content (AvgIpc) is 3.06. The number of amides is 1. The molecule has 7 heteroatoms. The van der Waals surface area contributed by atoms with Gasteiger partial charge in [-0.25, -0.2) is 4.98 Å². The summed E-state index contributed by atoms with van der Waals surface area (Å²) in [6.07, 6.45) is 1.33. The van der Waals surface area contributed by atoms with E-state index in [4.69, 9.17) is 4.74 Å². The standard InChI is InChI=1S/C18H26N4O3/c1-3-25-13-15(23)11-20-7-9-21(10-8-20)18(24)16-12-22-14(2)5-4-6-17(22)19-16/h4-6,12,15,23H,3,7-11,13H2,1-2H3. The van der Waals surface area contributed by atoms with Gasteiger partial charge in [-0.3, -0.25) is 9.69 Å². The lowest BCUT2D eigenvalue weighted by molar-refractivity contribution is 0.0110. The average molecular weight is 346 g/mol. The molecule has 1 aliphatic rings. The second kappa shape index (κ2) is 7.95. The highest BCUT2D eigenvalue weighted by atomic mass is 16.5. The van der Waals surface area contributed by atoms with Crippen LogP contribution in [0.2, 0.25) is 0 Å². The molecule has 2 aromatic rings. The molecule has 1 unspecified atom stereocenters. The molecule has 7 nitrogen and oxygen atoms in total. The molecule has 1 aliphatic heterocycles. The Balaban J connectivity index is 1.56. The number of rotatable bonds is 6. The van der Waals surface area contributed by atoms with Gasteiger partial charge in [0.2, 0.25) is 0 Å². The lowest BCUT2D eigenvalue weighted by Crippen LogP contribution is -2.50. The lowest BCUT2D eigenvalue weighted by atomic mass is 10.2. The maximum absolute atomic E-state index is 12.7. The molecule has 0 bridgehead atoms. The molecule has 0 radical (unpaired) electrons. The molecule has 2 aromatic heterocycles. The number of imidazole rings is 1. The first-order valence-corrected chi connectivity index (χ1v) is 8.80. The van der Waals surface area contributed by atoms with E-state index in [1.165, 1.54) is 0 Å². The number of pyridine rings is 1. The van der Waals surface area contributed by atoms with Gasteiger partial charge < -0.3 is 19.1 Å². The molecule has 1 saturated heterocycles. The van der Waals surface area contributed by atoms with Crippen LogP contribution in [0.25, 0.3) is 5.65 Å². The largest absolute Gasteiger partial charge is 0.389 e. The van der Waals surface area contributed by atoms with Gasteiger partial charge in [0.25, 0.3) is 5.91 Å². The van der Waals surface area contributed by atoms with Crippen molar-refractivity contribution < 1.29 is 14.6 Å². The fourth-order valence-corrected chi connectivity index (χ4v) is 3.15. The van der Waals surface area contributed by atoms with Crippen molar-refractivity contribution in [1.29, 1.82) is 0 Å². The van der Waals surface area contributed by atoms with Crippen LogP contribution in [0.1, 0.15) is 23.1 Å². The number of aliphatic hydroxyl groups excluding tert-OH is 1. The topological polar surface area (TPSA) is 70.3 Å². The second-order valence-corrected chi connectivity index (χ2v) is 6.43. The zero-order valence-electron chi connectivity index (χ0n) is 14.9. The summed E-state index contributed by atoms with van der Waals surface area (Å²) in [5, 5.41) is 9.93. The molecule has 1 fully saturated rings. The van der Waals surface area contributed by atoms with Crippen LogP contribution in [0.4, 0.5) is 0 Å². The molecular weight excluding hydrogens is 320 g/mol. The summed E-state index contributed by atoms with van der Waals surface area (Å²) in [6.45, 7) is 8.25. The molecule has 1 N–H and O–H groups in total. The minimum Gasteiger partial charge on any atom is -0.389 e. The number of ether oxygens (including phenoxy) is 1. The third-order valence-electron chi connectivity index (χ3n) is 4.56. The fourth-order valence-electron chi connectivity index (χ4n) is 3.15. The van der Waals surface area contributed by atoms with Gasteiger partial charge in [0.05, 0.1) is 12.7 Å². The highest BCUT2D eigenvalue weighted by Crippen LogP contribution is 2.12. The van der Waals surface area contributed by atoms with Crippen molar-refractivity contribution in [1.82, 2.24) is 19.2 Å². The van der Waals surface area contributed by atoms with Crippen LogP contribution in [0.15, 0.2) is 24.4 Å². The van der Waals surface area contributed by atoms with Crippen molar-refractivity contribution in [2.75, 3.05) is 45.9 Å². The van der Waals surface area contributed by atoms with Gasteiger partial charge in [-0.1, -0.05) is 6.07 Å². The first-order chi connectivity index (χ1) is 12.1. The minimum absolute atomic E-state index is 0.0300. The molecule has 3 heterocycles. The number of carbonyl (C=O) groups excluding carboxylic acids is 1. The maximum atomic E-state index is 12.7. The van der Waals surface area contributed by atoms with Crippen LogP contribution in [-0.4, -0.2) is 82.2 Å². The Morgan fingerprint density at radius 2 is 2.08 bits per heavy atom. The van der Waals surface area contributed by atoms with Crippen molar-refractivity contribution >= 4 is 11.6 Å². The molecule has 1 amide bonds. The highest BCUT2D eigenvalue weighted by Gasteiger charge is 2.25. The summed E-state index contributed by atoms with van der Waals surface area (Å²) in [5.74, 6) is -0.0300. The van der Waals surface area contributed by atoms with Crippen LogP contribution in [-0.2, 0) is 4.74 Å². The van der Waals surface area contributed by atoms with E-state index in [0.717, 1.165) is 24.4 Å². The molecule has 25 heavy (non-hydrogen) atoms. The summed E-state index contributed by atoms with van der Waals surface area (Å²) in [7, 11) is 0. The Hall–Kier alpha value is -1.96. The molecular formula is C18H26N4O3. The number of piperazine rings is 1. The Morgan fingerprint density at radius 1 is 1.32 bits per heavy atom. The van der Waals surface area contributed by atoms with Crippen molar-refractivity contribution in [3.63, 3.8) is 0 Å². The summed E-state index contributed by atoms with van der Waals surface area (Å²) < 4.78 is 7.18.